The van der Waals surface area contributed by atoms with Crippen molar-refractivity contribution in [1.82, 2.24) is 0 Å². The fourth-order valence-electron chi connectivity index (χ4n) is 2.49. The number of carbonyl (C=O) groups excluding carboxylic acids is 1. The first-order valence-electron chi connectivity index (χ1n) is 6.33. The van der Waals surface area contributed by atoms with Gasteiger partial charge in [-0.15, -0.1) is 0 Å². The molecule has 3 rings (SSSR count). The van der Waals surface area contributed by atoms with Crippen molar-refractivity contribution in [2.45, 2.75) is 5.41 Å². The number of amides is 1. The molecular formula is C16H10K2N2O3. The van der Waals surface area contributed by atoms with Crippen molar-refractivity contribution in [2.24, 2.45) is 9.98 Å². The zero-order chi connectivity index (χ0) is 14.9. The largest absolute Gasteiger partial charge is 1.00 e. The summed E-state index contributed by atoms with van der Waals surface area (Å²) in [5, 5.41) is 23.7. The van der Waals surface area contributed by atoms with E-state index in [9.17, 15) is 15.0 Å². The summed E-state index contributed by atoms with van der Waals surface area (Å²) in [5.41, 5.74) is -0.770. The maximum atomic E-state index is 12.5. The number of nitrogens with zero attached hydrogens (tertiary/aromatic N) is 2. The average molecular weight is 356 g/mol. The van der Waals surface area contributed by atoms with Gasteiger partial charge in [-0.25, -0.2) is 4.99 Å². The Morgan fingerprint density at radius 3 is 1.57 bits per heavy atom. The first kappa shape index (κ1) is 21.4. The van der Waals surface area contributed by atoms with E-state index in [1.807, 2.05) is 0 Å². The van der Waals surface area contributed by atoms with Crippen LogP contribution in [0, 0.1) is 0 Å². The van der Waals surface area contributed by atoms with Gasteiger partial charge < -0.3 is 10.2 Å². The number of carbonyl (C=O) groups is 1. The van der Waals surface area contributed by atoms with Crippen LogP contribution in [0.15, 0.2) is 70.6 Å². The van der Waals surface area contributed by atoms with Crippen LogP contribution in [0.5, 0.6) is 0 Å². The van der Waals surface area contributed by atoms with Gasteiger partial charge in [-0.05, 0) is 17.0 Å². The topological polar surface area (TPSA) is 87.9 Å². The van der Waals surface area contributed by atoms with E-state index in [0.717, 1.165) is 0 Å². The van der Waals surface area contributed by atoms with Crippen LogP contribution >= 0.6 is 0 Å². The van der Waals surface area contributed by atoms with Gasteiger partial charge >= 0.3 is 103 Å². The number of aliphatic imine (C=N–C) groups is 2. The molecule has 0 N–H and O–H groups in total. The quantitative estimate of drug-likeness (QED) is 0.502. The van der Waals surface area contributed by atoms with E-state index in [-0.39, 0.29) is 103 Å². The first-order chi connectivity index (χ1) is 10.2. The second kappa shape index (κ2) is 9.14. The molecule has 1 aliphatic rings. The van der Waals surface area contributed by atoms with E-state index in [1.54, 1.807) is 60.7 Å². The van der Waals surface area contributed by atoms with Gasteiger partial charge in [0.25, 0.3) is 5.91 Å². The van der Waals surface area contributed by atoms with E-state index in [1.165, 1.54) is 0 Å². The van der Waals surface area contributed by atoms with E-state index in [0.29, 0.717) is 11.1 Å². The van der Waals surface area contributed by atoms with Gasteiger partial charge in [-0.1, -0.05) is 60.7 Å². The second-order valence-electron chi connectivity index (χ2n) is 4.60. The minimum Gasteiger partial charge on any atom is -0.860 e. The van der Waals surface area contributed by atoms with Crippen molar-refractivity contribution >= 4 is 17.8 Å². The monoisotopic (exact) mass is 356 g/mol. The molecule has 2 aromatic rings. The molecule has 2 aromatic carbocycles. The summed E-state index contributed by atoms with van der Waals surface area (Å²) in [6, 6.07) is 16.0. The van der Waals surface area contributed by atoms with Gasteiger partial charge in [-0.3, -0.25) is 9.79 Å². The molecule has 0 radical (unpaired) electrons. The molecule has 5 nitrogen and oxygen atoms in total. The molecule has 0 atom stereocenters. The summed E-state index contributed by atoms with van der Waals surface area (Å²) in [4.78, 5) is 19.2. The second-order valence-corrected chi connectivity index (χ2v) is 4.60. The molecule has 0 bridgehead atoms. The molecule has 0 aliphatic carbocycles. The minimum atomic E-state index is -1.67. The fraction of sp³-hybridized carbons (Fsp3) is 0.0625. The van der Waals surface area contributed by atoms with Gasteiger partial charge in [-0.2, -0.15) is 0 Å². The SMILES string of the molecule is O=C1N=C([O-])N=C([O-])C1(c1ccccc1)c1ccccc1.[K+].[K+]. The molecule has 7 heteroatoms. The van der Waals surface area contributed by atoms with E-state index in [2.05, 4.69) is 9.98 Å². The van der Waals surface area contributed by atoms with Crippen LogP contribution in [0.4, 0.5) is 0 Å². The number of benzene rings is 2. The number of hydrogen-bond acceptors (Lipinski definition) is 4. The summed E-state index contributed by atoms with van der Waals surface area (Å²) in [6.45, 7) is 0. The van der Waals surface area contributed by atoms with Crippen molar-refractivity contribution in [2.75, 3.05) is 0 Å². The number of hydrogen-bond donors (Lipinski definition) is 0. The molecule has 0 unspecified atom stereocenters. The average Bonchev–Trinajstić information content (AvgIpc) is 2.49. The normalized spacial score (nSPS) is 15.6. The molecule has 0 saturated heterocycles. The third kappa shape index (κ3) is 3.95. The summed E-state index contributed by atoms with van der Waals surface area (Å²) < 4.78 is 0. The zero-order valence-corrected chi connectivity index (χ0v) is 19.1. The van der Waals surface area contributed by atoms with Crippen LogP contribution in [-0.4, -0.2) is 17.8 Å². The summed E-state index contributed by atoms with van der Waals surface area (Å²) in [5.74, 6) is -1.60. The fourth-order valence-corrected chi connectivity index (χ4v) is 2.49. The Balaban J connectivity index is 0.00000132. The summed E-state index contributed by atoms with van der Waals surface area (Å²) in [7, 11) is 0. The van der Waals surface area contributed by atoms with Gasteiger partial charge in [0.15, 0.2) is 0 Å². The predicted molar refractivity (Wildman–Crippen MR) is 73.5 cm³/mol. The molecule has 1 aliphatic heterocycles. The molecule has 0 spiro atoms. The van der Waals surface area contributed by atoms with Gasteiger partial charge in [0.2, 0.25) is 0 Å². The van der Waals surface area contributed by atoms with Crippen molar-refractivity contribution in [1.29, 1.82) is 0 Å². The van der Waals surface area contributed by atoms with Crippen LogP contribution in [0.2, 0.25) is 0 Å². The molecule has 0 aromatic heterocycles. The van der Waals surface area contributed by atoms with Crippen LogP contribution in [0.25, 0.3) is 0 Å². The molecular weight excluding hydrogens is 346 g/mol. The van der Waals surface area contributed by atoms with Crippen molar-refractivity contribution in [3.05, 3.63) is 71.8 Å². The maximum absolute atomic E-state index is 12.5. The Morgan fingerprint density at radius 1 is 0.739 bits per heavy atom. The van der Waals surface area contributed by atoms with Crippen molar-refractivity contribution in [3.8, 4) is 0 Å². The van der Waals surface area contributed by atoms with Gasteiger partial charge in [0.1, 0.15) is 5.41 Å². The maximum Gasteiger partial charge on any atom is 1.00 e. The van der Waals surface area contributed by atoms with Crippen LogP contribution < -0.4 is 113 Å². The smallest absolute Gasteiger partial charge is 0.860 e. The number of rotatable bonds is 2. The Kier molecular flexibility index (Phi) is 8.49. The summed E-state index contributed by atoms with van der Waals surface area (Å²) >= 11 is 0. The Bertz CT molecular complexity index is 707. The summed E-state index contributed by atoms with van der Waals surface area (Å²) in [6.07, 6.45) is 0. The molecule has 0 saturated carbocycles. The van der Waals surface area contributed by atoms with Gasteiger partial charge in [0.05, 0.1) is 6.02 Å². The van der Waals surface area contributed by atoms with E-state index < -0.39 is 23.2 Å². The molecule has 1 heterocycles. The Morgan fingerprint density at radius 2 is 1.17 bits per heavy atom. The third-order valence-electron chi connectivity index (χ3n) is 3.45. The zero-order valence-electron chi connectivity index (χ0n) is 12.9. The van der Waals surface area contributed by atoms with Crippen LogP contribution in [0.3, 0.4) is 0 Å². The van der Waals surface area contributed by atoms with E-state index >= 15 is 0 Å². The van der Waals surface area contributed by atoms with E-state index in [4.69, 9.17) is 0 Å². The van der Waals surface area contributed by atoms with Crippen LogP contribution in [-0.2, 0) is 10.2 Å². The molecule has 104 valence electrons. The van der Waals surface area contributed by atoms with Crippen LogP contribution in [0.1, 0.15) is 11.1 Å². The van der Waals surface area contributed by atoms with Crippen molar-refractivity contribution < 1.29 is 118 Å². The van der Waals surface area contributed by atoms with Gasteiger partial charge in [0, 0.05) is 0 Å². The minimum absolute atomic E-state index is 0. The third-order valence-corrected chi connectivity index (χ3v) is 3.45. The molecule has 23 heavy (non-hydrogen) atoms. The molecule has 0 fully saturated rings. The first-order valence-corrected chi connectivity index (χ1v) is 6.33. The molecule has 1 amide bonds. The Hall–Kier alpha value is 0.323. The predicted octanol–water partition coefficient (Wildman–Crippen LogP) is -6.00. The Labute approximate surface area is 218 Å². The van der Waals surface area contributed by atoms with Crippen molar-refractivity contribution in [3.63, 3.8) is 0 Å². The number of amidine groups is 1. The standard InChI is InChI=1S/C16H12N2O3.2K/c19-13-16(11-7-3-1-4-8-11,12-9-5-2-6-10-12)14(20)18-15(21)17-13;;/h1-10H,(H2,17,18,19,20,21);;/q;2*+1/p-2.